The molecule has 0 saturated heterocycles. The molecule has 1 atom stereocenters. The van der Waals surface area contributed by atoms with Crippen LogP contribution in [-0.2, 0) is 4.79 Å². The minimum atomic E-state index is 0.0484. The molecule has 3 nitrogen and oxygen atoms in total. The molecule has 0 aliphatic carbocycles. The molecule has 0 fully saturated rings. The normalized spacial score (nSPS) is 12.5. The lowest BCUT2D eigenvalue weighted by molar-refractivity contribution is -0.117. The predicted molar refractivity (Wildman–Crippen MR) is 84.4 cm³/mol. The van der Waals surface area contributed by atoms with E-state index in [1.54, 1.807) is 0 Å². The van der Waals surface area contributed by atoms with Crippen LogP contribution in [0.2, 0.25) is 0 Å². The van der Waals surface area contributed by atoms with Crippen LogP contribution in [0.5, 0.6) is 0 Å². The Balaban J connectivity index is 2.47. The van der Waals surface area contributed by atoms with Gasteiger partial charge in [-0.05, 0) is 71.7 Å². The van der Waals surface area contributed by atoms with Gasteiger partial charge in [0.25, 0.3) is 0 Å². The molecule has 0 spiro atoms. The second-order valence-electron chi connectivity index (χ2n) is 4.99. The Morgan fingerprint density at radius 1 is 1.33 bits per heavy atom. The minimum absolute atomic E-state index is 0.0484. The fourth-order valence-electron chi connectivity index (χ4n) is 1.94. The monoisotopic (exact) mass is 360 g/mol. The minimum Gasteiger partial charge on any atom is -0.330 e. The van der Waals surface area contributed by atoms with E-state index in [1.807, 2.05) is 24.3 Å². The quantitative estimate of drug-likeness (QED) is 0.766. The van der Waals surface area contributed by atoms with Gasteiger partial charge in [-0.2, -0.15) is 0 Å². The molecular formula is C14H21IN2O. The van der Waals surface area contributed by atoms with Crippen LogP contribution in [0.3, 0.4) is 0 Å². The number of hydrogen-bond acceptors (Lipinski definition) is 2. The molecule has 0 aromatic heterocycles. The second-order valence-corrected chi connectivity index (χ2v) is 6.24. The molecule has 0 aliphatic heterocycles. The standard InChI is InChI=1S/C14H21IN2O/c1-10(2)7-11(9-16)8-14(18)17-13-5-3-12(15)4-6-13/h3-6,10-11H,7-9,16H2,1-2H3,(H,17,18). The third-order valence-electron chi connectivity index (χ3n) is 2.74. The van der Waals surface area contributed by atoms with E-state index in [1.165, 1.54) is 0 Å². The molecule has 1 rings (SSSR count). The van der Waals surface area contributed by atoms with Gasteiger partial charge >= 0.3 is 0 Å². The van der Waals surface area contributed by atoms with Crippen molar-refractivity contribution in [3.63, 3.8) is 0 Å². The van der Waals surface area contributed by atoms with E-state index in [2.05, 4.69) is 41.8 Å². The number of anilines is 1. The van der Waals surface area contributed by atoms with Gasteiger partial charge < -0.3 is 11.1 Å². The summed E-state index contributed by atoms with van der Waals surface area (Å²) in [7, 11) is 0. The fourth-order valence-corrected chi connectivity index (χ4v) is 2.30. The number of nitrogens with one attached hydrogen (secondary N) is 1. The van der Waals surface area contributed by atoms with Crippen LogP contribution >= 0.6 is 22.6 Å². The molecule has 3 N–H and O–H groups in total. The average molecular weight is 360 g/mol. The van der Waals surface area contributed by atoms with Gasteiger partial charge in [-0.25, -0.2) is 0 Å². The van der Waals surface area contributed by atoms with Crippen LogP contribution in [0, 0.1) is 15.4 Å². The molecule has 1 aromatic rings. The van der Waals surface area contributed by atoms with E-state index in [4.69, 9.17) is 5.73 Å². The van der Waals surface area contributed by atoms with E-state index < -0.39 is 0 Å². The molecule has 0 radical (unpaired) electrons. The molecule has 100 valence electrons. The highest BCUT2D eigenvalue weighted by Gasteiger charge is 2.14. The van der Waals surface area contributed by atoms with E-state index >= 15 is 0 Å². The van der Waals surface area contributed by atoms with E-state index in [9.17, 15) is 4.79 Å². The van der Waals surface area contributed by atoms with Gasteiger partial charge in [0.2, 0.25) is 5.91 Å². The summed E-state index contributed by atoms with van der Waals surface area (Å²) in [6, 6.07) is 7.79. The molecule has 1 amide bonds. The summed E-state index contributed by atoms with van der Waals surface area (Å²) < 4.78 is 1.16. The Bertz CT molecular complexity index is 376. The lowest BCUT2D eigenvalue weighted by atomic mass is 9.94. The first-order valence-electron chi connectivity index (χ1n) is 6.26. The summed E-state index contributed by atoms with van der Waals surface area (Å²) in [5, 5.41) is 2.91. The van der Waals surface area contributed by atoms with Crippen LogP contribution in [0.15, 0.2) is 24.3 Å². The number of carbonyl (C=O) groups excluding carboxylic acids is 1. The second kappa shape index (κ2) is 7.74. The van der Waals surface area contributed by atoms with Crippen molar-refractivity contribution in [3.8, 4) is 0 Å². The lowest BCUT2D eigenvalue weighted by Gasteiger charge is -2.16. The highest BCUT2D eigenvalue weighted by Crippen LogP contribution is 2.16. The summed E-state index contributed by atoms with van der Waals surface area (Å²) in [5.74, 6) is 0.894. The number of benzene rings is 1. The van der Waals surface area contributed by atoms with Crippen molar-refractivity contribution in [3.05, 3.63) is 27.8 Å². The van der Waals surface area contributed by atoms with Gasteiger partial charge in [-0.3, -0.25) is 4.79 Å². The third-order valence-corrected chi connectivity index (χ3v) is 3.46. The summed E-state index contributed by atoms with van der Waals surface area (Å²) in [5.41, 5.74) is 6.55. The van der Waals surface area contributed by atoms with Crippen LogP contribution in [0.4, 0.5) is 5.69 Å². The molecule has 0 heterocycles. The van der Waals surface area contributed by atoms with Gasteiger partial charge in [0.15, 0.2) is 0 Å². The maximum absolute atomic E-state index is 11.9. The maximum Gasteiger partial charge on any atom is 0.224 e. The fraction of sp³-hybridized carbons (Fsp3) is 0.500. The van der Waals surface area contributed by atoms with Crippen molar-refractivity contribution in [2.45, 2.75) is 26.7 Å². The van der Waals surface area contributed by atoms with E-state index in [0.29, 0.717) is 18.9 Å². The topological polar surface area (TPSA) is 55.1 Å². The van der Waals surface area contributed by atoms with Crippen molar-refractivity contribution < 1.29 is 4.79 Å². The first-order chi connectivity index (χ1) is 8.51. The van der Waals surface area contributed by atoms with Crippen LogP contribution in [0.1, 0.15) is 26.7 Å². The molecule has 0 saturated carbocycles. The summed E-state index contributed by atoms with van der Waals surface area (Å²) in [4.78, 5) is 11.9. The van der Waals surface area contributed by atoms with Gasteiger partial charge in [-0.15, -0.1) is 0 Å². The molecule has 1 aromatic carbocycles. The Labute approximate surface area is 123 Å². The van der Waals surface area contributed by atoms with Gasteiger partial charge in [0, 0.05) is 15.7 Å². The first kappa shape index (κ1) is 15.4. The molecule has 4 heteroatoms. The van der Waals surface area contributed by atoms with Gasteiger partial charge in [0.05, 0.1) is 0 Å². The highest BCUT2D eigenvalue weighted by atomic mass is 127. The summed E-state index contributed by atoms with van der Waals surface area (Å²) >= 11 is 2.24. The largest absolute Gasteiger partial charge is 0.330 e. The van der Waals surface area contributed by atoms with E-state index in [0.717, 1.165) is 15.7 Å². The lowest BCUT2D eigenvalue weighted by Crippen LogP contribution is -2.23. The number of nitrogens with two attached hydrogens (primary N) is 1. The van der Waals surface area contributed by atoms with Crippen molar-refractivity contribution in [1.82, 2.24) is 0 Å². The highest BCUT2D eigenvalue weighted by molar-refractivity contribution is 14.1. The number of rotatable bonds is 6. The van der Waals surface area contributed by atoms with Crippen LogP contribution in [0.25, 0.3) is 0 Å². The molecular weight excluding hydrogens is 339 g/mol. The molecule has 0 bridgehead atoms. The van der Waals surface area contributed by atoms with Crippen molar-refractivity contribution in [2.75, 3.05) is 11.9 Å². The zero-order valence-corrected chi connectivity index (χ0v) is 13.1. The maximum atomic E-state index is 11.9. The van der Waals surface area contributed by atoms with Crippen LogP contribution in [-0.4, -0.2) is 12.5 Å². The average Bonchev–Trinajstić information content (AvgIpc) is 2.30. The van der Waals surface area contributed by atoms with Crippen molar-refractivity contribution >= 4 is 34.2 Å². The predicted octanol–water partition coefficient (Wildman–Crippen LogP) is 3.24. The zero-order valence-electron chi connectivity index (χ0n) is 10.9. The molecule has 1 unspecified atom stereocenters. The number of hydrogen-bond donors (Lipinski definition) is 2. The summed E-state index contributed by atoms with van der Waals surface area (Å²) in [6.07, 6.45) is 1.50. The van der Waals surface area contributed by atoms with Crippen molar-refractivity contribution in [1.29, 1.82) is 0 Å². The molecule has 0 aliphatic rings. The van der Waals surface area contributed by atoms with Gasteiger partial charge in [0.1, 0.15) is 0 Å². The smallest absolute Gasteiger partial charge is 0.224 e. The van der Waals surface area contributed by atoms with E-state index in [-0.39, 0.29) is 11.8 Å². The Morgan fingerprint density at radius 2 is 1.94 bits per heavy atom. The Morgan fingerprint density at radius 3 is 2.44 bits per heavy atom. The summed E-state index contributed by atoms with van der Waals surface area (Å²) in [6.45, 7) is 4.87. The SMILES string of the molecule is CC(C)CC(CN)CC(=O)Nc1ccc(I)cc1. The Kier molecular flexibility index (Phi) is 6.63. The zero-order chi connectivity index (χ0) is 13.5. The third kappa shape index (κ3) is 5.82. The van der Waals surface area contributed by atoms with Gasteiger partial charge in [-0.1, -0.05) is 13.8 Å². The van der Waals surface area contributed by atoms with Crippen LogP contribution < -0.4 is 11.1 Å². The van der Waals surface area contributed by atoms with Crippen molar-refractivity contribution in [2.24, 2.45) is 17.6 Å². The number of amides is 1. The first-order valence-corrected chi connectivity index (χ1v) is 7.34. The molecule has 18 heavy (non-hydrogen) atoms. The number of halogens is 1. The Hall–Kier alpha value is -0.620. The number of carbonyl (C=O) groups is 1.